The average molecular weight is 202 g/mol. The van der Waals surface area contributed by atoms with Crippen LogP contribution >= 0.6 is 0 Å². The molecule has 0 rings (SSSR count). The Bertz CT molecular complexity index is 80.5. The Kier molecular flexibility index (Phi) is 9.40. The average Bonchev–Trinajstić information content (AvgIpc) is 1.88. The van der Waals surface area contributed by atoms with Crippen molar-refractivity contribution < 1.29 is 33.8 Å². The monoisotopic (exact) mass is 201 g/mol. The maximum atomic E-state index is 8.49. The third kappa shape index (κ3) is 22.5. The van der Waals surface area contributed by atoms with E-state index < -0.39 is 10.2 Å². The van der Waals surface area contributed by atoms with Gasteiger partial charge in [-0.15, -0.1) is 10.2 Å². The predicted octanol–water partition coefficient (Wildman–Crippen LogP) is -4.82. The molecule has 0 saturated carbocycles. The van der Waals surface area contributed by atoms with Crippen LogP contribution in [-0.2, 0) is 0 Å². The van der Waals surface area contributed by atoms with Crippen LogP contribution < -0.4 is 23.5 Å². The van der Waals surface area contributed by atoms with Crippen molar-refractivity contribution in [2.24, 2.45) is 0 Å². The SMILES string of the molecule is CC[NH+](CC)CC.[O-][Cl+3]([O-])([O-])[O-]. The summed E-state index contributed by atoms with van der Waals surface area (Å²) >= 11 is 0. The van der Waals surface area contributed by atoms with Crippen LogP contribution in [-0.4, -0.2) is 19.6 Å². The van der Waals surface area contributed by atoms with Gasteiger partial charge in [0.1, 0.15) is 0 Å². The summed E-state index contributed by atoms with van der Waals surface area (Å²) in [6, 6.07) is 0. The zero-order chi connectivity index (χ0) is 10.2. The van der Waals surface area contributed by atoms with Crippen molar-refractivity contribution in [2.75, 3.05) is 19.6 Å². The summed E-state index contributed by atoms with van der Waals surface area (Å²) in [4.78, 5) is 1.68. The van der Waals surface area contributed by atoms with Gasteiger partial charge in [0.05, 0.1) is 19.6 Å². The van der Waals surface area contributed by atoms with Crippen molar-refractivity contribution in [2.45, 2.75) is 20.8 Å². The van der Waals surface area contributed by atoms with E-state index in [1.54, 1.807) is 4.90 Å². The fourth-order valence-electron chi connectivity index (χ4n) is 0.750. The molecule has 0 aliphatic rings. The van der Waals surface area contributed by atoms with E-state index in [0.717, 1.165) is 0 Å². The molecule has 0 aromatic heterocycles. The first-order chi connectivity index (χ1) is 5.35. The lowest BCUT2D eigenvalue weighted by atomic mass is 10.5. The van der Waals surface area contributed by atoms with Gasteiger partial charge in [0.25, 0.3) is 0 Å². The van der Waals surface area contributed by atoms with Crippen LogP contribution in [0.2, 0.25) is 0 Å². The molecule has 0 aliphatic heterocycles. The molecule has 12 heavy (non-hydrogen) atoms. The van der Waals surface area contributed by atoms with E-state index in [9.17, 15) is 0 Å². The summed E-state index contributed by atoms with van der Waals surface area (Å²) in [5.41, 5.74) is 0. The van der Waals surface area contributed by atoms with E-state index in [2.05, 4.69) is 20.8 Å². The lowest BCUT2D eigenvalue weighted by Gasteiger charge is -2.17. The minimum atomic E-state index is -4.94. The summed E-state index contributed by atoms with van der Waals surface area (Å²) in [5.74, 6) is 0. The Labute approximate surface area is 75.0 Å². The van der Waals surface area contributed by atoms with Crippen LogP contribution in [0.15, 0.2) is 0 Å². The smallest absolute Gasteiger partial charge is 0.0742 e. The second-order valence-electron chi connectivity index (χ2n) is 2.19. The summed E-state index contributed by atoms with van der Waals surface area (Å²) in [7, 11) is -4.94. The Balaban J connectivity index is 0. The largest absolute Gasteiger partial charge is 0.336 e. The standard InChI is InChI=1S/C6H15N.ClHO4/c1-4-7(5-2)6-3;2-1(3,4)5/h4-6H2,1-3H3;(H,2,3,4,5). The van der Waals surface area contributed by atoms with Gasteiger partial charge < -0.3 is 4.90 Å². The van der Waals surface area contributed by atoms with Gasteiger partial charge in [-0.1, -0.05) is 0 Å². The second kappa shape index (κ2) is 7.72. The summed E-state index contributed by atoms with van der Waals surface area (Å²) in [6.45, 7) is 10.5. The zero-order valence-electron chi connectivity index (χ0n) is 7.63. The normalized spacial score (nSPS) is 11.0. The molecule has 0 aromatic rings. The van der Waals surface area contributed by atoms with Crippen molar-refractivity contribution >= 4 is 0 Å². The second-order valence-corrected chi connectivity index (χ2v) is 2.94. The Morgan fingerprint density at radius 1 is 0.833 bits per heavy atom. The lowest BCUT2D eigenvalue weighted by Crippen LogP contribution is -3.11. The van der Waals surface area contributed by atoms with Crippen molar-refractivity contribution in [3.63, 3.8) is 0 Å². The topological polar surface area (TPSA) is 96.7 Å². The third-order valence-corrected chi connectivity index (χ3v) is 1.50. The molecule has 0 aromatic carbocycles. The minimum Gasteiger partial charge on any atom is -0.336 e. The van der Waals surface area contributed by atoms with Crippen LogP contribution in [0, 0.1) is 10.2 Å². The molecular formula is C6H16ClNO4. The molecule has 0 amide bonds. The zero-order valence-corrected chi connectivity index (χ0v) is 8.39. The molecule has 0 unspecified atom stereocenters. The summed E-state index contributed by atoms with van der Waals surface area (Å²) < 4.78 is 34.0. The number of halogens is 1. The molecule has 0 heterocycles. The molecule has 0 fully saturated rings. The van der Waals surface area contributed by atoms with Gasteiger partial charge in [0.15, 0.2) is 0 Å². The summed E-state index contributed by atoms with van der Waals surface area (Å²) in [5, 5.41) is 0. The number of quaternary nitrogens is 1. The highest BCUT2D eigenvalue weighted by atomic mass is 35.7. The highest BCUT2D eigenvalue weighted by molar-refractivity contribution is 4.11. The molecule has 6 heteroatoms. The van der Waals surface area contributed by atoms with Gasteiger partial charge in [-0.25, -0.2) is 18.6 Å². The first-order valence-electron chi connectivity index (χ1n) is 3.80. The number of hydrogen-bond donors (Lipinski definition) is 1. The van der Waals surface area contributed by atoms with Crippen molar-refractivity contribution in [3.8, 4) is 0 Å². The van der Waals surface area contributed by atoms with E-state index in [1.807, 2.05) is 0 Å². The van der Waals surface area contributed by atoms with E-state index in [1.165, 1.54) is 19.6 Å². The van der Waals surface area contributed by atoms with E-state index in [-0.39, 0.29) is 0 Å². The molecule has 0 bridgehead atoms. The number of nitrogens with one attached hydrogen (secondary N) is 1. The van der Waals surface area contributed by atoms with Gasteiger partial charge >= 0.3 is 0 Å². The molecule has 5 nitrogen and oxygen atoms in total. The number of hydrogen-bond acceptors (Lipinski definition) is 4. The molecule has 76 valence electrons. The predicted molar refractivity (Wildman–Crippen MR) is 32.6 cm³/mol. The first kappa shape index (κ1) is 14.6. The molecule has 0 radical (unpaired) electrons. The van der Waals surface area contributed by atoms with Crippen molar-refractivity contribution in [3.05, 3.63) is 0 Å². The van der Waals surface area contributed by atoms with E-state index in [4.69, 9.17) is 18.6 Å². The maximum Gasteiger partial charge on any atom is 0.0742 e. The van der Waals surface area contributed by atoms with E-state index >= 15 is 0 Å². The van der Waals surface area contributed by atoms with Gasteiger partial charge in [-0.3, -0.25) is 0 Å². The van der Waals surface area contributed by atoms with E-state index in [0.29, 0.717) is 0 Å². The van der Waals surface area contributed by atoms with Gasteiger partial charge in [-0.05, 0) is 20.8 Å². The first-order valence-corrected chi connectivity index (χ1v) is 5.03. The molecule has 1 N–H and O–H groups in total. The molecular weight excluding hydrogens is 186 g/mol. The van der Waals surface area contributed by atoms with Gasteiger partial charge in [-0.2, -0.15) is 0 Å². The molecule has 0 aliphatic carbocycles. The molecule has 0 atom stereocenters. The van der Waals surface area contributed by atoms with Crippen LogP contribution in [0.25, 0.3) is 0 Å². The Hall–Kier alpha value is 0.0900. The quantitative estimate of drug-likeness (QED) is 0.496. The van der Waals surface area contributed by atoms with Crippen LogP contribution in [0.1, 0.15) is 20.8 Å². The molecule has 0 spiro atoms. The Morgan fingerprint density at radius 3 is 1.00 bits per heavy atom. The van der Waals surface area contributed by atoms with Crippen LogP contribution in [0.3, 0.4) is 0 Å². The fraction of sp³-hybridized carbons (Fsp3) is 1.00. The summed E-state index contributed by atoms with van der Waals surface area (Å²) in [6.07, 6.45) is 0. The van der Waals surface area contributed by atoms with Gasteiger partial charge in [0.2, 0.25) is 0 Å². The van der Waals surface area contributed by atoms with Crippen LogP contribution in [0.4, 0.5) is 0 Å². The third-order valence-electron chi connectivity index (χ3n) is 1.50. The lowest BCUT2D eigenvalue weighted by molar-refractivity contribution is -2.00. The fourth-order valence-corrected chi connectivity index (χ4v) is 0.750. The molecule has 0 saturated heterocycles. The number of rotatable bonds is 3. The van der Waals surface area contributed by atoms with Crippen molar-refractivity contribution in [1.82, 2.24) is 0 Å². The maximum absolute atomic E-state index is 8.49. The highest BCUT2D eigenvalue weighted by Gasteiger charge is 1.92. The minimum absolute atomic E-state index is 1.27. The Morgan fingerprint density at radius 2 is 1.00 bits per heavy atom. The van der Waals surface area contributed by atoms with Crippen LogP contribution in [0.5, 0.6) is 0 Å². The van der Waals surface area contributed by atoms with Crippen molar-refractivity contribution in [1.29, 1.82) is 0 Å². The highest BCUT2D eigenvalue weighted by Crippen LogP contribution is 1.49. The van der Waals surface area contributed by atoms with Gasteiger partial charge in [0, 0.05) is 0 Å².